The van der Waals surface area contributed by atoms with E-state index in [1.807, 2.05) is 0 Å². The lowest BCUT2D eigenvalue weighted by Crippen LogP contribution is -2.47. The number of aromatic amines is 1. The summed E-state index contributed by atoms with van der Waals surface area (Å²) in [4.78, 5) is 15.5. The Balaban J connectivity index is 1.95. The zero-order chi connectivity index (χ0) is 20.4. The molecule has 1 saturated heterocycles. The number of methoxy groups -OCH3 is 1. The minimum atomic E-state index is -1.51. The van der Waals surface area contributed by atoms with Crippen molar-refractivity contribution in [3.05, 3.63) is 52.5 Å². The summed E-state index contributed by atoms with van der Waals surface area (Å²) in [7, 11) is 1.50. The molecular formula is C16H18N4O7S. The van der Waals surface area contributed by atoms with Crippen LogP contribution in [0.1, 0.15) is 6.23 Å². The molecule has 12 heteroatoms. The van der Waals surface area contributed by atoms with Gasteiger partial charge in [-0.1, -0.05) is 5.16 Å². The Bertz CT molecular complexity index is 974. The molecule has 0 radical (unpaired) electrons. The molecule has 4 atom stereocenters. The highest BCUT2D eigenvalue weighted by molar-refractivity contribution is 7.80. The quantitative estimate of drug-likeness (QED) is 0.253. The van der Waals surface area contributed by atoms with E-state index in [9.17, 15) is 20.1 Å². The third-order valence-electron chi connectivity index (χ3n) is 4.27. The van der Waals surface area contributed by atoms with Crippen molar-refractivity contribution < 1.29 is 30.0 Å². The maximum atomic E-state index is 12.1. The Morgan fingerprint density at radius 2 is 1.96 bits per heavy atom. The molecule has 0 aliphatic carbocycles. The highest BCUT2D eigenvalue weighted by Gasteiger charge is 2.48. The van der Waals surface area contributed by atoms with Gasteiger partial charge in [-0.25, -0.2) is 4.79 Å². The number of anilines is 1. The van der Waals surface area contributed by atoms with Crippen LogP contribution in [0.3, 0.4) is 0 Å². The normalized spacial score (nSPS) is 24.9. The molecule has 1 aliphatic heterocycles. The van der Waals surface area contributed by atoms with Gasteiger partial charge in [0.2, 0.25) is 0 Å². The van der Waals surface area contributed by atoms with Crippen LogP contribution in [0, 0.1) is 0 Å². The number of benzene rings is 1. The second-order valence-corrected chi connectivity index (χ2v) is 6.25. The minimum absolute atomic E-state index is 0.0952. The van der Waals surface area contributed by atoms with E-state index in [0.29, 0.717) is 11.4 Å². The van der Waals surface area contributed by atoms with Crippen molar-refractivity contribution >= 4 is 23.1 Å². The molecule has 1 fully saturated rings. The predicted octanol–water partition coefficient (Wildman–Crippen LogP) is -0.599. The van der Waals surface area contributed by atoms with E-state index in [0.717, 1.165) is 9.47 Å². The van der Waals surface area contributed by atoms with Gasteiger partial charge in [-0.05, 0) is 36.5 Å². The van der Waals surface area contributed by atoms with E-state index in [-0.39, 0.29) is 5.49 Å². The monoisotopic (exact) mass is 410 g/mol. The Labute approximate surface area is 163 Å². The van der Waals surface area contributed by atoms with Gasteiger partial charge < -0.3 is 30.0 Å². The van der Waals surface area contributed by atoms with Gasteiger partial charge in [0.05, 0.1) is 7.11 Å². The molecule has 5 N–H and O–H groups in total. The average molecular weight is 410 g/mol. The van der Waals surface area contributed by atoms with Gasteiger partial charge in [0.25, 0.3) is 5.17 Å². The fraction of sp³-hybridized carbons (Fsp3) is 0.312. The third kappa shape index (κ3) is 3.57. The minimum Gasteiger partial charge on any atom is -0.497 e. The van der Waals surface area contributed by atoms with Crippen LogP contribution in [0.25, 0.3) is 0 Å². The van der Waals surface area contributed by atoms with Crippen LogP contribution in [-0.4, -0.2) is 60.8 Å². The van der Waals surface area contributed by atoms with Crippen LogP contribution < -0.4 is 20.8 Å². The zero-order valence-corrected chi connectivity index (χ0v) is 15.4. The molecule has 2 heterocycles. The molecule has 2 aromatic rings. The molecule has 1 aromatic carbocycles. The van der Waals surface area contributed by atoms with E-state index in [1.54, 1.807) is 24.3 Å². The van der Waals surface area contributed by atoms with E-state index < -0.39 is 35.5 Å². The highest BCUT2D eigenvalue weighted by atomic mass is 32.1. The van der Waals surface area contributed by atoms with Gasteiger partial charge in [-0.2, -0.15) is 0 Å². The van der Waals surface area contributed by atoms with Gasteiger partial charge in [0.15, 0.2) is 17.9 Å². The number of rotatable bonds is 4. The number of thiocarbonyl (C=S) groups is 1. The van der Waals surface area contributed by atoms with Crippen molar-refractivity contribution in [2.24, 2.45) is 5.16 Å². The molecule has 1 aromatic heterocycles. The smallest absolute Gasteiger partial charge is 0.329 e. The number of hydrogen-bond donors (Lipinski definition) is 5. The van der Waals surface area contributed by atoms with Crippen LogP contribution in [0.4, 0.5) is 5.69 Å². The maximum absolute atomic E-state index is 12.1. The number of hydrogen-bond acceptors (Lipinski definition) is 8. The first-order valence-corrected chi connectivity index (χ1v) is 8.45. The molecule has 28 heavy (non-hydrogen) atoms. The fourth-order valence-electron chi connectivity index (χ4n) is 2.89. The number of H-pyrrole nitrogens is 1. The van der Waals surface area contributed by atoms with E-state index >= 15 is 0 Å². The summed E-state index contributed by atoms with van der Waals surface area (Å²) in [5, 5.41) is 41.8. The van der Waals surface area contributed by atoms with Crippen molar-refractivity contribution in [2.45, 2.75) is 24.7 Å². The van der Waals surface area contributed by atoms with Crippen LogP contribution in [0.15, 0.2) is 46.5 Å². The Morgan fingerprint density at radius 3 is 2.50 bits per heavy atom. The molecule has 0 saturated carbocycles. The number of aliphatic hydroxyl groups is 3. The first-order valence-electron chi connectivity index (χ1n) is 8.04. The molecule has 0 unspecified atom stereocenters. The number of aliphatic hydroxyl groups excluding tert-OH is 3. The lowest BCUT2D eigenvalue weighted by Gasteiger charge is -2.29. The summed E-state index contributed by atoms with van der Waals surface area (Å²) >= 11 is 4.86. The van der Waals surface area contributed by atoms with E-state index in [4.69, 9.17) is 26.9 Å². The molecule has 3 rings (SSSR count). The molecule has 1 aliphatic rings. The SMILES string of the molecule is COc1ccc(N(C(O)=S)[C@@H]2O[C@@H](n3cc/c(=N/O)[nH]c3=O)[C@H](O)[C@@H]2O)cc1. The summed E-state index contributed by atoms with van der Waals surface area (Å²) in [6.45, 7) is 0. The van der Waals surface area contributed by atoms with Gasteiger partial charge in [0, 0.05) is 18.0 Å². The van der Waals surface area contributed by atoms with E-state index in [2.05, 4.69) is 10.1 Å². The Morgan fingerprint density at radius 1 is 1.29 bits per heavy atom. The number of ether oxygens (including phenoxy) is 2. The maximum Gasteiger partial charge on any atom is 0.329 e. The second-order valence-electron chi connectivity index (χ2n) is 5.89. The van der Waals surface area contributed by atoms with Crippen molar-refractivity contribution in [2.75, 3.05) is 12.0 Å². The summed E-state index contributed by atoms with van der Waals surface area (Å²) < 4.78 is 11.7. The second kappa shape index (κ2) is 7.98. The van der Waals surface area contributed by atoms with Gasteiger partial charge in [-0.3, -0.25) is 14.5 Å². The lowest BCUT2D eigenvalue weighted by atomic mass is 10.1. The van der Waals surface area contributed by atoms with Gasteiger partial charge in [-0.15, -0.1) is 0 Å². The topological polar surface area (TPSA) is 153 Å². The summed E-state index contributed by atoms with van der Waals surface area (Å²) in [6.07, 6.45) is -4.35. The zero-order valence-electron chi connectivity index (χ0n) is 14.5. The molecular weight excluding hydrogens is 392 g/mol. The van der Waals surface area contributed by atoms with Crippen LogP contribution in [0.5, 0.6) is 5.75 Å². The highest BCUT2D eigenvalue weighted by Crippen LogP contribution is 2.33. The van der Waals surface area contributed by atoms with Crippen molar-refractivity contribution in [3.8, 4) is 5.75 Å². The molecule has 0 bridgehead atoms. The summed E-state index contributed by atoms with van der Waals surface area (Å²) in [5.74, 6) is 0.565. The Kier molecular flexibility index (Phi) is 5.65. The predicted molar refractivity (Wildman–Crippen MR) is 99.0 cm³/mol. The first-order chi connectivity index (χ1) is 13.4. The molecule has 0 spiro atoms. The van der Waals surface area contributed by atoms with Gasteiger partial charge in [0.1, 0.15) is 18.0 Å². The number of nitrogens with zero attached hydrogens (tertiary/aromatic N) is 3. The molecule has 11 nitrogen and oxygen atoms in total. The standard InChI is InChI=1S/C16H18N4O7S/c1-26-9-4-2-8(3-5-9)20(16(24)28)14-12(22)11(21)13(27-14)19-7-6-10(18-25)17-15(19)23/h2-7,11-14,21-22,25H,1H3,(H,24,28)(H,17,18,23)/t11-,12+,13-,14-/m1/s1. The summed E-state index contributed by atoms with van der Waals surface area (Å²) in [5.41, 5.74) is -0.462. The van der Waals surface area contributed by atoms with Crippen LogP contribution in [0.2, 0.25) is 0 Å². The molecule has 150 valence electrons. The lowest BCUT2D eigenvalue weighted by molar-refractivity contribution is -0.0377. The van der Waals surface area contributed by atoms with Crippen molar-refractivity contribution in [1.29, 1.82) is 0 Å². The Hall–Kier alpha value is -2.93. The average Bonchev–Trinajstić information content (AvgIpc) is 2.97. The van der Waals surface area contributed by atoms with Crippen molar-refractivity contribution in [1.82, 2.24) is 9.55 Å². The third-order valence-corrected chi connectivity index (χ3v) is 4.47. The number of nitrogens with one attached hydrogen (secondary N) is 1. The van der Waals surface area contributed by atoms with E-state index in [1.165, 1.54) is 19.4 Å². The largest absolute Gasteiger partial charge is 0.497 e. The summed E-state index contributed by atoms with van der Waals surface area (Å²) in [6, 6.07) is 7.66. The van der Waals surface area contributed by atoms with Crippen LogP contribution >= 0.6 is 12.2 Å². The number of aromatic nitrogens is 2. The van der Waals surface area contributed by atoms with Crippen molar-refractivity contribution in [3.63, 3.8) is 0 Å². The first kappa shape index (κ1) is 19.8. The fourth-order valence-corrected chi connectivity index (χ4v) is 3.10. The van der Waals surface area contributed by atoms with Crippen LogP contribution in [-0.2, 0) is 4.74 Å². The molecule has 0 amide bonds. The van der Waals surface area contributed by atoms with Gasteiger partial charge >= 0.3 is 5.69 Å².